The van der Waals surface area contributed by atoms with E-state index >= 15 is 0 Å². The lowest BCUT2D eigenvalue weighted by Crippen LogP contribution is -2.52. The summed E-state index contributed by atoms with van der Waals surface area (Å²) in [6, 6.07) is 3.74. The number of rotatable bonds is 5. The topological polar surface area (TPSA) is 86.5 Å². The standard InChI is InChI=1S/C15H19N3O3/c1-15(2,7-12-4-6-18(12)14(19)20)10-21-13-9-17-5-3-11(13)8-16/h3,5,9,12H,4,6-7,10H2,1-2H3,(H,19,20)/t12-/m1/s1. The number of pyridine rings is 1. The van der Waals surface area contributed by atoms with Crippen molar-refractivity contribution >= 4 is 6.09 Å². The molecule has 6 heteroatoms. The van der Waals surface area contributed by atoms with Crippen molar-refractivity contribution in [1.29, 1.82) is 5.26 Å². The Kier molecular flexibility index (Phi) is 4.32. The van der Waals surface area contributed by atoms with Crippen LogP contribution in [0.3, 0.4) is 0 Å². The second-order valence-corrected chi connectivity index (χ2v) is 6.06. The molecule has 21 heavy (non-hydrogen) atoms. The van der Waals surface area contributed by atoms with E-state index < -0.39 is 6.09 Å². The van der Waals surface area contributed by atoms with Gasteiger partial charge >= 0.3 is 6.09 Å². The maximum atomic E-state index is 11.0. The summed E-state index contributed by atoms with van der Waals surface area (Å²) in [4.78, 5) is 16.4. The Morgan fingerprint density at radius 1 is 1.67 bits per heavy atom. The van der Waals surface area contributed by atoms with Gasteiger partial charge in [-0.1, -0.05) is 13.8 Å². The number of hydrogen-bond donors (Lipinski definition) is 1. The molecule has 1 fully saturated rings. The second-order valence-electron chi connectivity index (χ2n) is 6.06. The Morgan fingerprint density at radius 3 is 3.00 bits per heavy atom. The molecule has 0 spiro atoms. The van der Waals surface area contributed by atoms with Gasteiger partial charge in [-0.25, -0.2) is 4.79 Å². The van der Waals surface area contributed by atoms with Gasteiger partial charge in [0.1, 0.15) is 6.07 Å². The minimum absolute atomic E-state index is 0.0606. The van der Waals surface area contributed by atoms with Gasteiger partial charge in [-0.3, -0.25) is 4.98 Å². The number of hydrogen-bond acceptors (Lipinski definition) is 4. The van der Waals surface area contributed by atoms with Gasteiger partial charge < -0.3 is 14.7 Å². The lowest BCUT2D eigenvalue weighted by Gasteiger charge is -2.42. The van der Waals surface area contributed by atoms with E-state index in [1.54, 1.807) is 12.3 Å². The molecule has 1 aromatic heterocycles. The third-order valence-corrected chi connectivity index (χ3v) is 3.70. The van der Waals surface area contributed by atoms with Gasteiger partial charge in [-0.15, -0.1) is 0 Å². The molecule has 0 aliphatic carbocycles. The van der Waals surface area contributed by atoms with Crippen LogP contribution >= 0.6 is 0 Å². The Morgan fingerprint density at radius 2 is 2.43 bits per heavy atom. The zero-order valence-corrected chi connectivity index (χ0v) is 12.2. The highest BCUT2D eigenvalue weighted by Crippen LogP contribution is 2.32. The summed E-state index contributed by atoms with van der Waals surface area (Å²) in [7, 11) is 0. The zero-order valence-electron chi connectivity index (χ0n) is 12.2. The first-order valence-electron chi connectivity index (χ1n) is 6.89. The fraction of sp³-hybridized carbons (Fsp3) is 0.533. The van der Waals surface area contributed by atoms with Crippen LogP contribution in [0.15, 0.2) is 18.5 Å². The molecular weight excluding hydrogens is 270 g/mol. The predicted octanol–water partition coefficient (Wildman–Crippen LogP) is 2.50. The van der Waals surface area contributed by atoms with Crippen molar-refractivity contribution in [1.82, 2.24) is 9.88 Å². The van der Waals surface area contributed by atoms with Crippen LogP contribution in [-0.2, 0) is 0 Å². The summed E-state index contributed by atoms with van der Waals surface area (Å²) in [5, 5.41) is 18.0. The SMILES string of the molecule is CC(C)(COc1cnccc1C#N)C[C@H]1CCN1C(=O)O. The van der Waals surface area contributed by atoms with Gasteiger partial charge in [0, 0.05) is 24.2 Å². The Balaban J connectivity index is 1.92. The lowest BCUT2D eigenvalue weighted by atomic mass is 9.82. The van der Waals surface area contributed by atoms with Gasteiger partial charge in [0.25, 0.3) is 0 Å². The number of carboxylic acid groups (broad SMARTS) is 1. The molecule has 0 radical (unpaired) electrons. The fourth-order valence-electron chi connectivity index (χ4n) is 2.46. The van der Waals surface area contributed by atoms with Gasteiger partial charge in [0.05, 0.1) is 18.4 Å². The van der Waals surface area contributed by atoms with Crippen LogP contribution in [0.2, 0.25) is 0 Å². The molecule has 1 aliphatic heterocycles. The van der Waals surface area contributed by atoms with Gasteiger partial charge in [-0.05, 0) is 18.9 Å². The highest BCUT2D eigenvalue weighted by molar-refractivity contribution is 5.66. The van der Waals surface area contributed by atoms with Crippen molar-refractivity contribution in [3.05, 3.63) is 24.0 Å². The predicted molar refractivity (Wildman–Crippen MR) is 76.0 cm³/mol. The molecule has 2 rings (SSSR count). The molecule has 0 aromatic carbocycles. The molecule has 1 amide bonds. The van der Waals surface area contributed by atoms with Crippen LogP contribution in [0.1, 0.15) is 32.3 Å². The molecule has 0 unspecified atom stereocenters. The van der Waals surface area contributed by atoms with Crippen molar-refractivity contribution in [2.24, 2.45) is 5.41 Å². The third kappa shape index (κ3) is 3.63. The molecule has 6 nitrogen and oxygen atoms in total. The van der Waals surface area contributed by atoms with E-state index in [0.29, 0.717) is 24.5 Å². The number of amides is 1. The first kappa shape index (κ1) is 15.1. The summed E-state index contributed by atoms with van der Waals surface area (Å²) >= 11 is 0. The van der Waals surface area contributed by atoms with Crippen LogP contribution in [-0.4, -0.2) is 40.3 Å². The van der Waals surface area contributed by atoms with Crippen molar-refractivity contribution in [2.45, 2.75) is 32.7 Å². The van der Waals surface area contributed by atoms with Crippen molar-refractivity contribution < 1.29 is 14.6 Å². The summed E-state index contributed by atoms with van der Waals surface area (Å²) in [6.45, 7) is 5.09. The molecule has 112 valence electrons. The van der Waals surface area contributed by atoms with Crippen molar-refractivity contribution in [3.8, 4) is 11.8 Å². The molecule has 0 saturated carbocycles. The molecule has 1 N–H and O–H groups in total. The highest BCUT2D eigenvalue weighted by Gasteiger charge is 2.36. The van der Waals surface area contributed by atoms with Crippen LogP contribution in [0, 0.1) is 16.7 Å². The van der Waals surface area contributed by atoms with E-state index in [-0.39, 0.29) is 11.5 Å². The Labute approximate surface area is 124 Å². The van der Waals surface area contributed by atoms with E-state index in [1.165, 1.54) is 11.1 Å². The minimum Gasteiger partial charge on any atom is -0.490 e. The van der Waals surface area contributed by atoms with E-state index in [1.807, 2.05) is 13.8 Å². The maximum absolute atomic E-state index is 11.0. The van der Waals surface area contributed by atoms with Gasteiger partial charge in [0.15, 0.2) is 5.75 Å². The number of likely N-dealkylation sites (tertiary alicyclic amines) is 1. The molecule has 1 aromatic rings. The van der Waals surface area contributed by atoms with Crippen molar-refractivity contribution in [3.63, 3.8) is 0 Å². The first-order chi connectivity index (χ1) is 9.93. The quantitative estimate of drug-likeness (QED) is 0.900. The zero-order chi connectivity index (χ0) is 15.5. The van der Waals surface area contributed by atoms with E-state index in [4.69, 9.17) is 15.1 Å². The molecule has 1 aliphatic rings. The van der Waals surface area contributed by atoms with E-state index in [2.05, 4.69) is 11.1 Å². The summed E-state index contributed by atoms with van der Waals surface area (Å²) in [5.74, 6) is 0.469. The molecular formula is C15H19N3O3. The number of ether oxygens (including phenoxy) is 1. The second kappa shape index (κ2) is 6.00. The first-order valence-corrected chi connectivity index (χ1v) is 6.89. The maximum Gasteiger partial charge on any atom is 0.407 e. The number of nitrogens with zero attached hydrogens (tertiary/aromatic N) is 3. The average Bonchev–Trinajstić information content (AvgIpc) is 2.41. The van der Waals surface area contributed by atoms with E-state index in [0.717, 1.165) is 12.8 Å². The van der Waals surface area contributed by atoms with Gasteiger partial charge in [0.2, 0.25) is 0 Å². The van der Waals surface area contributed by atoms with E-state index in [9.17, 15) is 4.79 Å². The third-order valence-electron chi connectivity index (χ3n) is 3.70. The van der Waals surface area contributed by atoms with Gasteiger partial charge in [-0.2, -0.15) is 5.26 Å². The number of carbonyl (C=O) groups is 1. The number of aromatic nitrogens is 1. The molecule has 1 saturated heterocycles. The average molecular weight is 289 g/mol. The molecule has 1 atom stereocenters. The van der Waals surface area contributed by atoms with Crippen LogP contribution in [0.5, 0.6) is 5.75 Å². The summed E-state index contributed by atoms with van der Waals surface area (Å²) in [6.07, 6.45) is 3.85. The Bertz CT molecular complexity index is 566. The number of nitriles is 1. The molecule has 0 bridgehead atoms. The summed E-state index contributed by atoms with van der Waals surface area (Å²) in [5.41, 5.74) is 0.276. The van der Waals surface area contributed by atoms with Crippen LogP contribution in [0.25, 0.3) is 0 Å². The lowest BCUT2D eigenvalue weighted by molar-refractivity contribution is 0.0406. The van der Waals surface area contributed by atoms with Crippen molar-refractivity contribution in [2.75, 3.05) is 13.2 Å². The fourth-order valence-corrected chi connectivity index (χ4v) is 2.46. The van der Waals surface area contributed by atoms with Crippen LogP contribution in [0.4, 0.5) is 4.79 Å². The van der Waals surface area contributed by atoms with Crippen LogP contribution < -0.4 is 4.74 Å². The summed E-state index contributed by atoms with van der Waals surface area (Å²) < 4.78 is 5.71. The monoisotopic (exact) mass is 289 g/mol. The Hall–Kier alpha value is -2.29. The minimum atomic E-state index is -0.859. The largest absolute Gasteiger partial charge is 0.490 e. The smallest absolute Gasteiger partial charge is 0.407 e. The molecule has 2 heterocycles. The highest BCUT2D eigenvalue weighted by atomic mass is 16.5. The normalized spacial score (nSPS) is 17.8.